The zero-order chi connectivity index (χ0) is 20.2. The van der Waals surface area contributed by atoms with Crippen molar-refractivity contribution in [3.05, 3.63) is 59.4 Å². The number of amides is 1. The van der Waals surface area contributed by atoms with Gasteiger partial charge in [-0.25, -0.2) is 4.98 Å². The van der Waals surface area contributed by atoms with Crippen LogP contribution in [0.15, 0.2) is 42.5 Å². The van der Waals surface area contributed by atoms with E-state index >= 15 is 0 Å². The molecule has 0 radical (unpaired) electrons. The number of carbonyl (C=O) groups is 1. The smallest absolute Gasteiger partial charge is 0.255 e. The highest BCUT2D eigenvalue weighted by Gasteiger charge is 2.17. The van der Waals surface area contributed by atoms with E-state index in [0.29, 0.717) is 5.56 Å². The number of benzene rings is 2. The number of unbranched alkanes of at least 4 members (excludes halogenated alkanes) is 1. The Balaban J connectivity index is 1.59. The maximum atomic E-state index is 12.6. The van der Waals surface area contributed by atoms with Crippen LogP contribution < -0.4 is 5.32 Å². The Hall–Kier alpha value is -2.66. The number of imidazole rings is 1. The molecular formula is C24H30N4O. The Kier molecular flexibility index (Phi) is 5.95. The fraction of sp³-hybridized carbons (Fsp3) is 0.417. The van der Waals surface area contributed by atoms with Crippen molar-refractivity contribution in [1.29, 1.82) is 0 Å². The molecule has 29 heavy (non-hydrogen) atoms. The number of hydrogen-bond donors (Lipinski definition) is 1. The van der Waals surface area contributed by atoms with Crippen molar-refractivity contribution >= 4 is 22.6 Å². The maximum absolute atomic E-state index is 12.6. The Morgan fingerprint density at radius 2 is 1.97 bits per heavy atom. The summed E-state index contributed by atoms with van der Waals surface area (Å²) < 4.78 is 2.36. The number of hydrogen-bond acceptors (Lipinski definition) is 3. The third-order valence-corrected chi connectivity index (χ3v) is 5.66. The van der Waals surface area contributed by atoms with Crippen LogP contribution in [0.1, 0.15) is 54.4 Å². The molecule has 152 valence electrons. The van der Waals surface area contributed by atoms with Crippen molar-refractivity contribution in [2.75, 3.05) is 18.4 Å². The highest BCUT2D eigenvalue weighted by atomic mass is 16.1. The lowest BCUT2D eigenvalue weighted by Gasteiger charge is -2.15. The second-order valence-corrected chi connectivity index (χ2v) is 8.04. The molecule has 1 amide bonds. The van der Waals surface area contributed by atoms with Crippen LogP contribution in [0.3, 0.4) is 0 Å². The molecule has 1 aliphatic heterocycles. The average Bonchev–Trinajstić information content (AvgIpc) is 3.34. The molecule has 2 aromatic carbocycles. The number of aryl methyl sites for hydroxylation is 2. The number of fused-ring (bicyclic) bond motifs is 1. The Morgan fingerprint density at radius 3 is 2.72 bits per heavy atom. The first-order valence-electron chi connectivity index (χ1n) is 10.7. The van der Waals surface area contributed by atoms with Crippen LogP contribution in [0.2, 0.25) is 0 Å². The van der Waals surface area contributed by atoms with E-state index in [-0.39, 0.29) is 5.91 Å². The molecule has 1 aromatic heterocycles. The molecule has 0 aliphatic carbocycles. The lowest BCUT2D eigenvalue weighted by Crippen LogP contribution is -2.21. The van der Waals surface area contributed by atoms with Crippen molar-refractivity contribution in [2.45, 2.75) is 52.6 Å². The van der Waals surface area contributed by atoms with Crippen molar-refractivity contribution in [3.8, 4) is 0 Å². The van der Waals surface area contributed by atoms with Gasteiger partial charge in [0, 0.05) is 17.8 Å². The second-order valence-electron chi connectivity index (χ2n) is 8.04. The van der Waals surface area contributed by atoms with E-state index in [0.717, 1.165) is 67.1 Å². The van der Waals surface area contributed by atoms with Crippen molar-refractivity contribution in [3.63, 3.8) is 0 Å². The highest BCUT2D eigenvalue weighted by Crippen LogP contribution is 2.23. The van der Waals surface area contributed by atoms with Gasteiger partial charge in [-0.3, -0.25) is 9.69 Å². The minimum Gasteiger partial charge on any atom is -0.327 e. The van der Waals surface area contributed by atoms with E-state index in [1.165, 1.54) is 12.8 Å². The summed E-state index contributed by atoms with van der Waals surface area (Å²) in [4.78, 5) is 20.0. The lowest BCUT2D eigenvalue weighted by atomic mass is 10.1. The number of nitrogens with one attached hydrogen (secondary N) is 1. The Labute approximate surface area is 172 Å². The van der Waals surface area contributed by atoms with Gasteiger partial charge < -0.3 is 9.88 Å². The molecule has 0 saturated carbocycles. The number of nitrogens with zero attached hydrogens (tertiary/aromatic N) is 3. The molecule has 2 heterocycles. The number of aromatic nitrogens is 2. The summed E-state index contributed by atoms with van der Waals surface area (Å²) in [5.74, 6) is 1.05. The van der Waals surface area contributed by atoms with Gasteiger partial charge in [-0.1, -0.05) is 31.0 Å². The van der Waals surface area contributed by atoms with E-state index in [2.05, 4.69) is 27.8 Å². The minimum absolute atomic E-state index is 0.0873. The first kappa shape index (κ1) is 19.6. The molecule has 3 aromatic rings. The summed E-state index contributed by atoms with van der Waals surface area (Å²) in [6.45, 7) is 8.43. The van der Waals surface area contributed by atoms with Gasteiger partial charge in [-0.15, -0.1) is 0 Å². The van der Waals surface area contributed by atoms with Crippen LogP contribution in [0.4, 0.5) is 5.69 Å². The summed E-state index contributed by atoms with van der Waals surface area (Å²) in [5.41, 5.74) is 4.65. The summed E-state index contributed by atoms with van der Waals surface area (Å²) >= 11 is 0. The molecule has 0 atom stereocenters. The molecule has 0 bridgehead atoms. The van der Waals surface area contributed by atoms with Crippen molar-refractivity contribution < 1.29 is 4.79 Å². The fourth-order valence-electron chi connectivity index (χ4n) is 4.07. The van der Waals surface area contributed by atoms with Gasteiger partial charge in [-0.05, 0) is 69.6 Å². The van der Waals surface area contributed by atoms with Crippen LogP contribution in [-0.2, 0) is 13.1 Å². The van der Waals surface area contributed by atoms with E-state index in [1.807, 2.05) is 43.3 Å². The van der Waals surface area contributed by atoms with Gasteiger partial charge in [0.25, 0.3) is 5.91 Å². The maximum Gasteiger partial charge on any atom is 0.255 e. The molecule has 1 fully saturated rings. The molecule has 1 aliphatic rings. The van der Waals surface area contributed by atoms with E-state index in [9.17, 15) is 4.79 Å². The summed E-state index contributed by atoms with van der Waals surface area (Å²) in [5, 5.41) is 3.02. The largest absolute Gasteiger partial charge is 0.327 e. The SMILES string of the molecule is CCCCn1c(CN2CCCC2)nc2cc(NC(=O)c3cccc(C)c3)ccc21. The summed E-state index contributed by atoms with van der Waals surface area (Å²) in [6.07, 6.45) is 4.87. The molecule has 1 saturated heterocycles. The Bertz CT molecular complexity index is 1000. The zero-order valence-corrected chi connectivity index (χ0v) is 17.4. The molecule has 5 heteroatoms. The molecule has 1 N–H and O–H groups in total. The third kappa shape index (κ3) is 4.51. The molecular weight excluding hydrogens is 360 g/mol. The monoisotopic (exact) mass is 390 g/mol. The van der Waals surface area contributed by atoms with E-state index in [4.69, 9.17) is 4.98 Å². The fourth-order valence-corrected chi connectivity index (χ4v) is 4.07. The summed E-state index contributed by atoms with van der Waals surface area (Å²) in [7, 11) is 0. The molecule has 0 unspecified atom stereocenters. The number of carbonyl (C=O) groups excluding carboxylic acids is 1. The van der Waals surface area contributed by atoms with Gasteiger partial charge in [0.1, 0.15) is 5.82 Å². The van der Waals surface area contributed by atoms with Crippen LogP contribution >= 0.6 is 0 Å². The zero-order valence-electron chi connectivity index (χ0n) is 17.4. The van der Waals surface area contributed by atoms with Gasteiger partial charge in [0.15, 0.2) is 0 Å². The van der Waals surface area contributed by atoms with Crippen LogP contribution in [-0.4, -0.2) is 33.4 Å². The lowest BCUT2D eigenvalue weighted by molar-refractivity contribution is 0.102. The van der Waals surface area contributed by atoms with Crippen molar-refractivity contribution in [1.82, 2.24) is 14.5 Å². The van der Waals surface area contributed by atoms with Gasteiger partial charge in [0.05, 0.1) is 17.6 Å². The standard InChI is InChI=1S/C24H30N4O/c1-3-4-14-28-22-11-10-20(25-24(29)19-9-7-8-18(2)15-19)16-21(22)26-23(28)17-27-12-5-6-13-27/h7-11,15-16H,3-6,12-14,17H2,1-2H3,(H,25,29). The van der Waals surface area contributed by atoms with Gasteiger partial charge in [-0.2, -0.15) is 0 Å². The van der Waals surface area contributed by atoms with E-state index in [1.54, 1.807) is 0 Å². The first-order valence-corrected chi connectivity index (χ1v) is 10.7. The predicted molar refractivity (Wildman–Crippen MR) is 118 cm³/mol. The molecule has 5 nitrogen and oxygen atoms in total. The predicted octanol–water partition coefficient (Wildman–Crippen LogP) is 4.99. The second kappa shape index (κ2) is 8.78. The number of likely N-dealkylation sites (tertiary alicyclic amines) is 1. The number of anilines is 1. The Morgan fingerprint density at radius 1 is 1.14 bits per heavy atom. The molecule has 0 spiro atoms. The van der Waals surface area contributed by atoms with Crippen LogP contribution in [0.25, 0.3) is 11.0 Å². The van der Waals surface area contributed by atoms with Crippen LogP contribution in [0, 0.1) is 6.92 Å². The normalized spacial score (nSPS) is 14.6. The quantitative estimate of drug-likeness (QED) is 0.618. The van der Waals surface area contributed by atoms with Gasteiger partial charge in [0.2, 0.25) is 0 Å². The number of rotatable bonds is 7. The van der Waals surface area contributed by atoms with E-state index < -0.39 is 0 Å². The highest BCUT2D eigenvalue weighted by molar-refractivity contribution is 6.05. The summed E-state index contributed by atoms with van der Waals surface area (Å²) in [6, 6.07) is 13.7. The third-order valence-electron chi connectivity index (χ3n) is 5.66. The average molecular weight is 391 g/mol. The molecule has 4 rings (SSSR count). The minimum atomic E-state index is -0.0873. The van der Waals surface area contributed by atoms with Gasteiger partial charge >= 0.3 is 0 Å². The topological polar surface area (TPSA) is 50.2 Å². The van der Waals surface area contributed by atoms with Crippen LogP contribution in [0.5, 0.6) is 0 Å². The van der Waals surface area contributed by atoms with Crippen molar-refractivity contribution in [2.24, 2.45) is 0 Å². The first-order chi connectivity index (χ1) is 14.1.